The average Bonchev–Trinajstić information content (AvgIpc) is 2.61. The number of carbonyl (C=O) groups excluding carboxylic acids is 2. The Morgan fingerprint density at radius 3 is 2.64 bits per heavy atom. The molecule has 0 saturated carbocycles. The summed E-state index contributed by atoms with van der Waals surface area (Å²) in [5.74, 6) is -0.826. The number of nitrogens with zero attached hydrogens (tertiary/aromatic N) is 1. The number of aromatic nitrogens is 1. The second-order valence-corrected chi connectivity index (χ2v) is 5.28. The molecule has 1 aromatic carbocycles. The Morgan fingerprint density at radius 1 is 1.08 bits per heavy atom. The fourth-order valence-corrected chi connectivity index (χ4v) is 2.26. The van der Waals surface area contributed by atoms with Gasteiger partial charge in [-0.25, -0.2) is 4.79 Å². The largest absolute Gasteiger partial charge is 0.422 e. The molecule has 0 aliphatic heterocycles. The lowest BCUT2D eigenvalue weighted by molar-refractivity contribution is -0.116. The zero-order valence-corrected chi connectivity index (χ0v) is 13.2. The van der Waals surface area contributed by atoms with Crippen molar-refractivity contribution in [3.63, 3.8) is 0 Å². The van der Waals surface area contributed by atoms with Gasteiger partial charge in [-0.15, -0.1) is 0 Å². The molecule has 3 aromatic rings. The van der Waals surface area contributed by atoms with Crippen molar-refractivity contribution in [2.45, 2.75) is 6.42 Å². The number of carbonyl (C=O) groups is 2. The molecular formula is C18H15N3O4. The van der Waals surface area contributed by atoms with Crippen molar-refractivity contribution in [3.8, 4) is 0 Å². The van der Waals surface area contributed by atoms with E-state index in [4.69, 9.17) is 4.42 Å². The summed E-state index contributed by atoms with van der Waals surface area (Å²) in [5.41, 5.74) is 0.243. The second-order valence-electron chi connectivity index (χ2n) is 5.28. The summed E-state index contributed by atoms with van der Waals surface area (Å²) in [7, 11) is 0. The molecule has 0 bridgehead atoms. The standard InChI is InChI=1S/C18H15N3O4/c22-16(21-13-5-8-19-9-6-13)7-10-20-17(23)14-11-12-3-1-2-4-15(12)25-18(14)24/h1-6,8-9,11H,7,10H2,(H,20,23)(H,19,21,22). The molecule has 0 unspecified atom stereocenters. The van der Waals surface area contributed by atoms with Crippen molar-refractivity contribution in [2.24, 2.45) is 0 Å². The highest BCUT2D eigenvalue weighted by Gasteiger charge is 2.13. The van der Waals surface area contributed by atoms with Crippen LogP contribution in [0.4, 0.5) is 5.69 Å². The van der Waals surface area contributed by atoms with E-state index in [0.717, 1.165) is 0 Å². The van der Waals surface area contributed by atoms with Crippen molar-refractivity contribution < 1.29 is 14.0 Å². The number of nitrogens with one attached hydrogen (secondary N) is 2. The molecule has 0 aliphatic carbocycles. The van der Waals surface area contributed by atoms with Gasteiger partial charge < -0.3 is 15.1 Å². The summed E-state index contributed by atoms with van der Waals surface area (Å²) in [6, 6.07) is 11.7. The van der Waals surface area contributed by atoms with Crippen molar-refractivity contribution >= 4 is 28.5 Å². The maximum Gasteiger partial charge on any atom is 0.349 e. The summed E-state index contributed by atoms with van der Waals surface area (Å²) >= 11 is 0. The predicted molar refractivity (Wildman–Crippen MR) is 92.3 cm³/mol. The van der Waals surface area contributed by atoms with E-state index in [1.54, 1.807) is 48.8 Å². The van der Waals surface area contributed by atoms with E-state index in [0.29, 0.717) is 16.7 Å². The smallest absolute Gasteiger partial charge is 0.349 e. The molecular weight excluding hydrogens is 322 g/mol. The Balaban J connectivity index is 1.58. The van der Waals surface area contributed by atoms with Gasteiger partial charge in [-0.2, -0.15) is 0 Å². The molecule has 25 heavy (non-hydrogen) atoms. The molecule has 0 atom stereocenters. The summed E-state index contributed by atoms with van der Waals surface area (Å²) in [5, 5.41) is 5.88. The minimum absolute atomic E-state index is 0.0764. The van der Waals surface area contributed by atoms with Crippen molar-refractivity contribution in [1.82, 2.24) is 10.3 Å². The predicted octanol–water partition coefficient (Wildman–Crippen LogP) is 1.95. The number of pyridine rings is 1. The molecule has 126 valence electrons. The van der Waals surface area contributed by atoms with Crippen LogP contribution in [0.1, 0.15) is 16.8 Å². The number of rotatable bonds is 5. The third-order valence-corrected chi connectivity index (χ3v) is 3.49. The highest BCUT2D eigenvalue weighted by molar-refractivity contribution is 5.97. The lowest BCUT2D eigenvalue weighted by Gasteiger charge is -2.06. The van der Waals surface area contributed by atoms with Gasteiger partial charge >= 0.3 is 5.63 Å². The maximum absolute atomic E-state index is 12.1. The number of hydrogen-bond donors (Lipinski definition) is 2. The number of anilines is 1. The molecule has 0 saturated heterocycles. The molecule has 0 spiro atoms. The third-order valence-electron chi connectivity index (χ3n) is 3.49. The molecule has 2 N–H and O–H groups in total. The van der Waals surface area contributed by atoms with E-state index in [-0.39, 0.29) is 24.4 Å². The zero-order valence-electron chi connectivity index (χ0n) is 13.2. The van der Waals surface area contributed by atoms with Crippen LogP contribution in [0.15, 0.2) is 64.1 Å². The van der Waals surface area contributed by atoms with E-state index >= 15 is 0 Å². The molecule has 7 heteroatoms. The molecule has 0 radical (unpaired) electrons. The molecule has 3 rings (SSSR count). The Kier molecular flexibility index (Phi) is 4.84. The van der Waals surface area contributed by atoms with Crippen molar-refractivity contribution in [2.75, 3.05) is 11.9 Å². The topological polar surface area (TPSA) is 101 Å². The van der Waals surface area contributed by atoms with Crippen LogP contribution in [0.3, 0.4) is 0 Å². The van der Waals surface area contributed by atoms with Gasteiger partial charge in [-0.05, 0) is 24.3 Å². The van der Waals surface area contributed by atoms with Gasteiger partial charge in [0.15, 0.2) is 0 Å². The average molecular weight is 337 g/mol. The van der Waals surface area contributed by atoms with Gasteiger partial charge in [-0.1, -0.05) is 18.2 Å². The summed E-state index contributed by atoms with van der Waals surface area (Å²) in [4.78, 5) is 39.7. The highest BCUT2D eigenvalue weighted by atomic mass is 16.4. The minimum Gasteiger partial charge on any atom is -0.422 e. The molecule has 2 amide bonds. The van der Waals surface area contributed by atoms with E-state index < -0.39 is 11.5 Å². The summed E-state index contributed by atoms with van der Waals surface area (Å²) < 4.78 is 5.12. The number of fused-ring (bicyclic) bond motifs is 1. The SMILES string of the molecule is O=C(CCNC(=O)c1cc2ccccc2oc1=O)Nc1ccncc1. The fraction of sp³-hybridized carbons (Fsp3) is 0.111. The van der Waals surface area contributed by atoms with Crippen LogP contribution in [0.25, 0.3) is 11.0 Å². The van der Waals surface area contributed by atoms with Crippen LogP contribution in [0.5, 0.6) is 0 Å². The van der Waals surface area contributed by atoms with Crippen LogP contribution in [0.2, 0.25) is 0 Å². The number of amides is 2. The van der Waals surface area contributed by atoms with Crippen LogP contribution < -0.4 is 16.3 Å². The van der Waals surface area contributed by atoms with Crippen LogP contribution >= 0.6 is 0 Å². The zero-order chi connectivity index (χ0) is 17.6. The quantitative estimate of drug-likeness (QED) is 0.693. The molecule has 7 nitrogen and oxygen atoms in total. The highest BCUT2D eigenvalue weighted by Crippen LogP contribution is 2.12. The Morgan fingerprint density at radius 2 is 1.84 bits per heavy atom. The minimum atomic E-state index is -0.711. The molecule has 2 heterocycles. The first-order valence-electron chi connectivity index (χ1n) is 7.64. The van der Waals surface area contributed by atoms with Gasteiger partial charge in [0.1, 0.15) is 11.1 Å². The first-order chi connectivity index (χ1) is 12.1. The fourth-order valence-electron chi connectivity index (χ4n) is 2.26. The monoisotopic (exact) mass is 337 g/mol. The van der Waals surface area contributed by atoms with Crippen LogP contribution in [-0.4, -0.2) is 23.3 Å². The lowest BCUT2D eigenvalue weighted by atomic mass is 10.2. The van der Waals surface area contributed by atoms with Crippen LogP contribution in [0, 0.1) is 0 Å². The Hall–Kier alpha value is -3.48. The van der Waals surface area contributed by atoms with Crippen molar-refractivity contribution in [3.05, 3.63) is 70.8 Å². The van der Waals surface area contributed by atoms with E-state index in [9.17, 15) is 14.4 Å². The number of benzene rings is 1. The van der Waals surface area contributed by atoms with E-state index in [1.165, 1.54) is 6.07 Å². The molecule has 0 fully saturated rings. The van der Waals surface area contributed by atoms with E-state index in [1.807, 2.05) is 0 Å². The van der Waals surface area contributed by atoms with E-state index in [2.05, 4.69) is 15.6 Å². The van der Waals surface area contributed by atoms with Crippen LogP contribution in [-0.2, 0) is 4.79 Å². The number of hydrogen-bond acceptors (Lipinski definition) is 5. The van der Waals surface area contributed by atoms with Gasteiger partial charge in [0.25, 0.3) is 5.91 Å². The first-order valence-corrected chi connectivity index (χ1v) is 7.64. The lowest BCUT2D eigenvalue weighted by Crippen LogP contribution is -2.31. The van der Waals surface area contributed by atoms with Gasteiger partial charge in [0.05, 0.1) is 0 Å². The first kappa shape index (κ1) is 16.4. The van der Waals surface area contributed by atoms with Crippen molar-refractivity contribution in [1.29, 1.82) is 0 Å². The molecule has 2 aromatic heterocycles. The summed E-state index contributed by atoms with van der Waals surface area (Å²) in [6.07, 6.45) is 3.21. The Labute approximate surface area is 142 Å². The van der Waals surface area contributed by atoms with Gasteiger partial charge in [0, 0.05) is 36.4 Å². The molecule has 0 aliphatic rings. The summed E-state index contributed by atoms with van der Waals surface area (Å²) in [6.45, 7) is 0.0992. The normalized spacial score (nSPS) is 10.4. The van der Waals surface area contributed by atoms with Gasteiger partial charge in [-0.3, -0.25) is 14.6 Å². The van der Waals surface area contributed by atoms with Gasteiger partial charge in [0.2, 0.25) is 5.91 Å². The second kappa shape index (κ2) is 7.39. The Bertz CT molecular complexity index is 967. The number of para-hydroxylation sites is 1. The maximum atomic E-state index is 12.1. The third kappa shape index (κ3) is 4.08.